The minimum absolute atomic E-state index is 0.0966. The van der Waals surface area contributed by atoms with Gasteiger partial charge < -0.3 is 9.52 Å². The van der Waals surface area contributed by atoms with Gasteiger partial charge in [-0.25, -0.2) is 5.43 Å². The largest absolute Gasteiger partial charge is 0.507 e. The molecule has 3 rings (SSSR count). The minimum atomic E-state index is -0.496. The summed E-state index contributed by atoms with van der Waals surface area (Å²) in [6.45, 7) is 0. The number of hydrogen-bond donors (Lipinski definition) is 2. The summed E-state index contributed by atoms with van der Waals surface area (Å²) in [5.41, 5.74) is 3.45. The molecule has 0 bridgehead atoms. The molecule has 1 heterocycles. The second-order valence-electron chi connectivity index (χ2n) is 4.93. The first-order chi connectivity index (χ1) is 11.6. The Balaban J connectivity index is 1.66. The third-order valence-electron chi connectivity index (χ3n) is 3.26. The van der Waals surface area contributed by atoms with Crippen molar-refractivity contribution in [2.45, 2.75) is 0 Å². The van der Waals surface area contributed by atoms with Crippen LogP contribution in [0.15, 0.2) is 74.7 Å². The lowest BCUT2D eigenvalue weighted by molar-refractivity contribution is 0.0952. The first-order valence-electron chi connectivity index (χ1n) is 7.10. The van der Waals surface area contributed by atoms with E-state index >= 15 is 0 Å². The lowest BCUT2D eigenvalue weighted by Gasteiger charge is -2.01. The molecule has 1 aromatic heterocycles. The number of aromatic hydroxyl groups is 1. The molecule has 5 nitrogen and oxygen atoms in total. The van der Waals surface area contributed by atoms with E-state index < -0.39 is 5.91 Å². The average molecular weight is 385 g/mol. The number of nitrogens with one attached hydrogen (secondary N) is 1. The van der Waals surface area contributed by atoms with Crippen molar-refractivity contribution in [3.8, 4) is 17.1 Å². The Hall–Kier alpha value is -2.86. The maximum atomic E-state index is 11.9. The molecule has 0 saturated carbocycles. The molecular weight excluding hydrogens is 372 g/mol. The maximum Gasteiger partial charge on any atom is 0.275 e. The van der Waals surface area contributed by atoms with Crippen molar-refractivity contribution in [3.05, 3.63) is 76.5 Å². The Bertz CT molecular complexity index is 885. The molecule has 0 fully saturated rings. The zero-order chi connectivity index (χ0) is 16.9. The molecule has 24 heavy (non-hydrogen) atoms. The van der Waals surface area contributed by atoms with Crippen molar-refractivity contribution in [1.29, 1.82) is 0 Å². The number of nitrogens with zero attached hydrogens (tertiary/aromatic N) is 1. The third-order valence-corrected chi connectivity index (χ3v) is 3.79. The number of furan rings is 1. The number of hydrogen-bond acceptors (Lipinski definition) is 4. The Morgan fingerprint density at radius 2 is 1.83 bits per heavy atom. The number of benzene rings is 2. The van der Waals surface area contributed by atoms with Crippen LogP contribution in [-0.2, 0) is 0 Å². The van der Waals surface area contributed by atoms with Crippen molar-refractivity contribution in [1.82, 2.24) is 5.43 Å². The van der Waals surface area contributed by atoms with E-state index in [9.17, 15) is 9.90 Å². The highest BCUT2D eigenvalue weighted by Gasteiger charge is 2.09. The molecule has 0 spiro atoms. The lowest BCUT2D eigenvalue weighted by atomic mass is 10.2. The van der Waals surface area contributed by atoms with Crippen LogP contribution in [-0.4, -0.2) is 17.2 Å². The van der Waals surface area contributed by atoms with Gasteiger partial charge in [0, 0.05) is 10.0 Å². The van der Waals surface area contributed by atoms with Crippen LogP contribution < -0.4 is 5.43 Å². The molecule has 1 amide bonds. The molecule has 0 atom stereocenters. The number of para-hydroxylation sites is 1. The number of carbonyl (C=O) groups excluding carboxylic acids is 1. The first kappa shape index (κ1) is 16.0. The highest BCUT2D eigenvalue weighted by Crippen LogP contribution is 2.23. The summed E-state index contributed by atoms with van der Waals surface area (Å²) in [5, 5.41) is 13.5. The summed E-state index contributed by atoms with van der Waals surface area (Å²) in [6, 6.07) is 17.6. The molecule has 0 radical (unpaired) electrons. The molecule has 3 aromatic rings. The number of phenolic OH excluding ortho intramolecular Hbond substituents is 1. The fraction of sp³-hybridized carbons (Fsp3) is 0. The van der Waals surface area contributed by atoms with Gasteiger partial charge in [-0.05, 0) is 36.4 Å². The highest BCUT2D eigenvalue weighted by molar-refractivity contribution is 9.10. The SMILES string of the molecule is O=C(N/N=C\c1ccc(-c2ccc(Br)cc2)o1)c1ccccc1O. The Morgan fingerprint density at radius 1 is 1.08 bits per heavy atom. The molecular formula is C18H13BrN2O3. The van der Waals surface area contributed by atoms with E-state index in [0.29, 0.717) is 11.5 Å². The summed E-state index contributed by atoms with van der Waals surface area (Å²) in [4.78, 5) is 11.9. The molecule has 0 aliphatic rings. The average Bonchev–Trinajstić information content (AvgIpc) is 3.04. The van der Waals surface area contributed by atoms with Crippen LogP contribution in [0.4, 0.5) is 0 Å². The smallest absolute Gasteiger partial charge is 0.275 e. The summed E-state index contributed by atoms with van der Waals surface area (Å²) in [5.74, 6) is 0.617. The monoisotopic (exact) mass is 384 g/mol. The molecule has 0 aliphatic heterocycles. The Kier molecular flexibility index (Phi) is 4.77. The summed E-state index contributed by atoms with van der Waals surface area (Å²) < 4.78 is 6.65. The van der Waals surface area contributed by atoms with Gasteiger partial charge in [0.05, 0.1) is 11.8 Å². The van der Waals surface area contributed by atoms with E-state index in [4.69, 9.17) is 4.42 Å². The van der Waals surface area contributed by atoms with E-state index in [-0.39, 0.29) is 11.3 Å². The summed E-state index contributed by atoms with van der Waals surface area (Å²) >= 11 is 3.39. The van der Waals surface area contributed by atoms with Gasteiger partial charge >= 0.3 is 0 Å². The number of amides is 1. The normalized spacial score (nSPS) is 10.9. The van der Waals surface area contributed by atoms with E-state index in [1.807, 2.05) is 30.3 Å². The van der Waals surface area contributed by atoms with Crippen molar-refractivity contribution in [2.75, 3.05) is 0 Å². The van der Waals surface area contributed by atoms with Gasteiger partial charge in [-0.1, -0.05) is 40.2 Å². The predicted molar refractivity (Wildman–Crippen MR) is 95.0 cm³/mol. The number of halogens is 1. The van der Waals surface area contributed by atoms with Crippen molar-refractivity contribution in [2.24, 2.45) is 5.10 Å². The molecule has 2 N–H and O–H groups in total. The van der Waals surface area contributed by atoms with Crippen molar-refractivity contribution < 1.29 is 14.3 Å². The van der Waals surface area contributed by atoms with Gasteiger partial charge in [0.25, 0.3) is 5.91 Å². The zero-order valence-corrected chi connectivity index (χ0v) is 14.0. The van der Waals surface area contributed by atoms with Crippen molar-refractivity contribution in [3.63, 3.8) is 0 Å². The van der Waals surface area contributed by atoms with E-state index in [0.717, 1.165) is 10.0 Å². The Labute approximate surface area is 146 Å². The summed E-state index contributed by atoms with van der Waals surface area (Å²) in [7, 11) is 0. The van der Waals surface area contributed by atoms with Crippen LogP contribution in [0.3, 0.4) is 0 Å². The maximum absolute atomic E-state index is 11.9. The molecule has 0 aliphatic carbocycles. The quantitative estimate of drug-likeness (QED) is 0.523. The van der Waals surface area contributed by atoms with Crippen LogP contribution in [0, 0.1) is 0 Å². The molecule has 0 saturated heterocycles. The van der Waals surface area contributed by atoms with Crippen molar-refractivity contribution >= 4 is 28.1 Å². The third kappa shape index (κ3) is 3.72. The van der Waals surface area contributed by atoms with E-state index in [1.165, 1.54) is 18.3 Å². The Morgan fingerprint density at radius 3 is 2.58 bits per heavy atom. The molecule has 120 valence electrons. The van der Waals surface area contributed by atoms with Crippen LogP contribution in [0.5, 0.6) is 5.75 Å². The van der Waals surface area contributed by atoms with Crippen LogP contribution in [0.2, 0.25) is 0 Å². The van der Waals surface area contributed by atoms with Gasteiger partial charge in [0.15, 0.2) is 0 Å². The predicted octanol–water partition coefficient (Wildman–Crippen LogP) is 4.18. The molecule has 2 aromatic carbocycles. The number of rotatable bonds is 4. The fourth-order valence-corrected chi connectivity index (χ4v) is 2.34. The fourth-order valence-electron chi connectivity index (χ4n) is 2.07. The molecule has 6 heteroatoms. The summed E-state index contributed by atoms with van der Waals surface area (Å²) in [6.07, 6.45) is 1.40. The standard InChI is InChI=1S/C18H13BrN2O3/c19-13-7-5-12(6-8-13)17-10-9-14(24-17)11-20-21-18(23)15-3-1-2-4-16(15)22/h1-11,22H,(H,21,23)/b20-11-. The van der Waals surface area contributed by atoms with Crippen LogP contribution >= 0.6 is 15.9 Å². The van der Waals surface area contributed by atoms with Gasteiger partial charge in [-0.3, -0.25) is 4.79 Å². The lowest BCUT2D eigenvalue weighted by Crippen LogP contribution is -2.17. The second kappa shape index (κ2) is 7.14. The van der Waals surface area contributed by atoms with Crippen LogP contribution in [0.25, 0.3) is 11.3 Å². The van der Waals surface area contributed by atoms with Gasteiger partial charge in [0.2, 0.25) is 0 Å². The topological polar surface area (TPSA) is 74.8 Å². The van der Waals surface area contributed by atoms with Gasteiger partial charge in [0.1, 0.15) is 17.3 Å². The molecule has 0 unspecified atom stereocenters. The number of carbonyl (C=O) groups is 1. The zero-order valence-electron chi connectivity index (χ0n) is 12.4. The second-order valence-corrected chi connectivity index (χ2v) is 5.84. The number of hydrazone groups is 1. The van der Waals surface area contributed by atoms with E-state index in [1.54, 1.807) is 18.2 Å². The van der Waals surface area contributed by atoms with Gasteiger partial charge in [-0.2, -0.15) is 5.10 Å². The highest BCUT2D eigenvalue weighted by atomic mass is 79.9. The van der Waals surface area contributed by atoms with Gasteiger partial charge in [-0.15, -0.1) is 0 Å². The van der Waals surface area contributed by atoms with E-state index in [2.05, 4.69) is 26.5 Å². The number of phenols is 1. The van der Waals surface area contributed by atoms with Crippen LogP contribution in [0.1, 0.15) is 16.1 Å². The minimum Gasteiger partial charge on any atom is -0.507 e. The first-order valence-corrected chi connectivity index (χ1v) is 7.90.